The summed E-state index contributed by atoms with van der Waals surface area (Å²) in [6, 6.07) is 16.1. The first-order valence-electron chi connectivity index (χ1n) is 8.71. The zero-order valence-corrected chi connectivity index (χ0v) is 16.6. The van der Waals surface area contributed by atoms with Crippen LogP contribution in [0.1, 0.15) is 29.0 Å². The standard InChI is InChI=1S/C21H21N3O2S/c1-13-18-20(16-11-8-12-17(25-3)19(16)26-4)27-14(2)22-21(18)24(23-13)15-9-6-5-7-10-15/h5-12,20H,1-4H3. The number of rotatable bonds is 4. The fraction of sp³-hybridized carbons (Fsp3) is 0.238. The molecule has 0 saturated heterocycles. The van der Waals surface area contributed by atoms with Gasteiger partial charge in [-0.2, -0.15) is 5.10 Å². The number of fused-ring (bicyclic) bond motifs is 1. The van der Waals surface area contributed by atoms with Crippen LogP contribution in [0.15, 0.2) is 53.5 Å². The van der Waals surface area contributed by atoms with Crippen molar-refractivity contribution in [3.05, 3.63) is 65.4 Å². The number of nitrogens with zero attached hydrogens (tertiary/aromatic N) is 3. The number of aryl methyl sites for hydroxylation is 1. The third-order valence-corrected chi connectivity index (χ3v) is 5.77. The minimum absolute atomic E-state index is 0.0417. The topological polar surface area (TPSA) is 48.6 Å². The van der Waals surface area contributed by atoms with Crippen molar-refractivity contribution in [2.24, 2.45) is 4.99 Å². The van der Waals surface area contributed by atoms with Gasteiger partial charge in [-0.3, -0.25) is 0 Å². The molecule has 1 aliphatic rings. The zero-order valence-electron chi connectivity index (χ0n) is 15.8. The van der Waals surface area contributed by atoms with Crippen molar-refractivity contribution in [2.45, 2.75) is 19.1 Å². The van der Waals surface area contributed by atoms with Crippen molar-refractivity contribution in [3.8, 4) is 17.2 Å². The number of para-hydroxylation sites is 2. The minimum atomic E-state index is 0.0417. The second kappa shape index (κ2) is 7.12. The van der Waals surface area contributed by atoms with Crippen molar-refractivity contribution < 1.29 is 9.47 Å². The van der Waals surface area contributed by atoms with Gasteiger partial charge in [0.25, 0.3) is 0 Å². The SMILES string of the molecule is COc1cccc(C2SC(C)=Nc3c2c(C)nn3-c2ccccc2)c1OC. The Morgan fingerprint density at radius 2 is 1.74 bits per heavy atom. The van der Waals surface area contributed by atoms with Gasteiger partial charge >= 0.3 is 0 Å². The van der Waals surface area contributed by atoms with E-state index in [-0.39, 0.29) is 5.25 Å². The fourth-order valence-electron chi connectivity index (χ4n) is 3.43. The number of hydrogen-bond acceptors (Lipinski definition) is 5. The largest absolute Gasteiger partial charge is 0.493 e. The van der Waals surface area contributed by atoms with E-state index in [1.54, 1.807) is 26.0 Å². The first-order chi connectivity index (χ1) is 13.1. The van der Waals surface area contributed by atoms with E-state index in [1.807, 2.05) is 61.0 Å². The Kier molecular flexibility index (Phi) is 4.66. The molecule has 1 aliphatic heterocycles. The molecule has 1 unspecified atom stereocenters. The monoisotopic (exact) mass is 379 g/mol. The third-order valence-electron chi connectivity index (χ3n) is 4.61. The number of aromatic nitrogens is 2. The van der Waals surface area contributed by atoms with E-state index in [1.165, 1.54) is 0 Å². The molecular formula is C21H21N3O2S. The maximum atomic E-state index is 5.70. The van der Waals surface area contributed by atoms with E-state index >= 15 is 0 Å². The summed E-state index contributed by atoms with van der Waals surface area (Å²) in [6.07, 6.45) is 0. The van der Waals surface area contributed by atoms with Gasteiger partial charge in [0, 0.05) is 11.1 Å². The lowest BCUT2D eigenvalue weighted by Gasteiger charge is -2.24. The van der Waals surface area contributed by atoms with Crippen LogP contribution in [0.25, 0.3) is 5.69 Å². The molecule has 0 aliphatic carbocycles. The molecule has 1 aromatic heterocycles. The normalized spacial score (nSPS) is 15.9. The van der Waals surface area contributed by atoms with Crippen LogP contribution >= 0.6 is 11.8 Å². The van der Waals surface area contributed by atoms with Crippen LogP contribution < -0.4 is 9.47 Å². The van der Waals surface area contributed by atoms with Gasteiger partial charge in [-0.1, -0.05) is 42.1 Å². The van der Waals surface area contributed by atoms with Crippen LogP contribution in [0.4, 0.5) is 5.82 Å². The summed E-state index contributed by atoms with van der Waals surface area (Å²) in [5.74, 6) is 2.36. The molecule has 3 aromatic rings. The van der Waals surface area contributed by atoms with Crippen molar-refractivity contribution in [3.63, 3.8) is 0 Å². The molecule has 0 N–H and O–H groups in total. The first-order valence-corrected chi connectivity index (χ1v) is 9.59. The number of benzene rings is 2. The zero-order chi connectivity index (χ0) is 19.0. The number of aliphatic imine (C=N–C) groups is 1. The molecule has 6 heteroatoms. The molecule has 2 heterocycles. The maximum absolute atomic E-state index is 5.70. The van der Waals surface area contributed by atoms with Crippen molar-refractivity contribution in [1.29, 1.82) is 0 Å². The molecule has 0 bridgehead atoms. The highest BCUT2D eigenvalue weighted by Gasteiger charge is 2.32. The van der Waals surface area contributed by atoms with E-state index in [2.05, 4.69) is 6.07 Å². The molecule has 0 fully saturated rings. The minimum Gasteiger partial charge on any atom is -0.493 e. The van der Waals surface area contributed by atoms with Crippen LogP contribution in [0.2, 0.25) is 0 Å². The van der Waals surface area contributed by atoms with Crippen LogP contribution in [0.5, 0.6) is 11.5 Å². The van der Waals surface area contributed by atoms with Gasteiger partial charge in [0.2, 0.25) is 0 Å². The lowest BCUT2D eigenvalue weighted by atomic mass is 10.0. The predicted molar refractivity (Wildman–Crippen MR) is 110 cm³/mol. The number of thioether (sulfide) groups is 1. The van der Waals surface area contributed by atoms with Crippen LogP contribution in [-0.2, 0) is 0 Å². The molecule has 0 spiro atoms. The summed E-state index contributed by atoms with van der Waals surface area (Å²) in [6.45, 7) is 4.07. The van der Waals surface area contributed by atoms with Crippen molar-refractivity contribution in [1.82, 2.24) is 9.78 Å². The number of methoxy groups -OCH3 is 2. The molecule has 138 valence electrons. The molecule has 0 saturated carbocycles. The highest BCUT2D eigenvalue weighted by Crippen LogP contribution is 2.51. The number of ether oxygens (including phenoxy) is 2. The molecule has 27 heavy (non-hydrogen) atoms. The average molecular weight is 379 g/mol. The molecule has 0 amide bonds. The van der Waals surface area contributed by atoms with Gasteiger partial charge in [-0.25, -0.2) is 9.67 Å². The Bertz CT molecular complexity index is 1010. The van der Waals surface area contributed by atoms with E-state index < -0.39 is 0 Å². The van der Waals surface area contributed by atoms with Crippen LogP contribution in [-0.4, -0.2) is 29.0 Å². The Morgan fingerprint density at radius 1 is 0.963 bits per heavy atom. The molecule has 1 atom stereocenters. The third kappa shape index (κ3) is 3.00. The van der Waals surface area contributed by atoms with Crippen LogP contribution in [0.3, 0.4) is 0 Å². The Morgan fingerprint density at radius 3 is 2.44 bits per heavy atom. The fourth-order valence-corrected chi connectivity index (χ4v) is 4.62. The summed E-state index contributed by atoms with van der Waals surface area (Å²) in [4.78, 5) is 4.82. The van der Waals surface area contributed by atoms with Gasteiger partial charge in [0.05, 0.1) is 35.9 Å². The Balaban J connectivity index is 1.92. The van der Waals surface area contributed by atoms with Crippen molar-refractivity contribution in [2.75, 3.05) is 14.2 Å². The Labute approximate surface area is 163 Å². The van der Waals surface area contributed by atoms with E-state index in [0.29, 0.717) is 0 Å². The molecule has 4 rings (SSSR count). The maximum Gasteiger partial charge on any atom is 0.165 e. The van der Waals surface area contributed by atoms with E-state index in [0.717, 1.165) is 44.9 Å². The van der Waals surface area contributed by atoms with Gasteiger partial charge in [-0.15, -0.1) is 0 Å². The van der Waals surface area contributed by atoms with Crippen LogP contribution in [0, 0.1) is 6.92 Å². The highest BCUT2D eigenvalue weighted by molar-refractivity contribution is 8.14. The molecule has 5 nitrogen and oxygen atoms in total. The molecule has 2 aromatic carbocycles. The average Bonchev–Trinajstić information content (AvgIpc) is 3.03. The number of hydrogen-bond donors (Lipinski definition) is 0. The lowest BCUT2D eigenvalue weighted by molar-refractivity contribution is 0.352. The summed E-state index contributed by atoms with van der Waals surface area (Å²) < 4.78 is 13.1. The smallest absolute Gasteiger partial charge is 0.165 e. The summed E-state index contributed by atoms with van der Waals surface area (Å²) in [5.41, 5.74) is 4.14. The quantitative estimate of drug-likeness (QED) is 0.634. The van der Waals surface area contributed by atoms with Gasteiger partial charge in [-0.05, 0) is 32.0 Å². The molecule has 0 radical (unpaired) electrons. The highest BCUT2D eigenvalue weighted by atomic mass is 32.2. The summed E-state index contributed by atoms with van der Waals surface area (Å²) in [5, 5.41) is 5.83. The lowest BCUT2D eigenvalue weighted by Crippen LogP contribution is -2.08. The van der Waals surface area contributed by atoms with E-state index in [9.17, 15) is 0 Å². The second-order valence-corrected chi connectivity index (χ2v) is 7.58. The predicted octanol–water partition coefficient (Wildman–Crippen LogP) is 5.08. The van der Waals surface area contributed by atoms with E-state index in [4.69, 9.17) is 19.6 Å². The molecular weight excluding hydrogens is 358 g/mol. The first kappa shape index (κ1) is 17.7. The summed E-state index contributed by atoms with van der Waals surface area (Å²) in [7, 11) is 3.34. The van der Waals surface area contributed by atoms with Gasteiger partial charge in [0.15, 0.2) is 17.3 Å². The second-order valence-electron chi connectivity index (χ2n) is 6.28. The Hall–Kier alpha value is -2.73. The van der Waals surface area contributed by atoms with Crippen molar-refractivity contribution >= 4 is 22.6 Å². The van der Waals surface area contributed by atoms with Gasteiger partial charge < -0.3 is 9.47 Å². The summed E-state index contributed by atoms with van der Waals surface area (Å²) >= 11 is 1.71. The van der Waals surface area contributed by atoms with Gasteiger partial charge in [0.1, 0.15) is 0 Å².